The van der Waals surface area contributed by atoms with Gasteiger partial charge in [-0.25, -0.2) is 0 Å². The fourth-order valence-electron chi connectivity index (χ4n) is 2.25. The van der Waals surface area contributed by atoms with Crippen LogP contribution in [-0.2, 0) is 11.3 Å². The zero-order valence-electron chi connectivity index (χ0n) is 12.1. The van der Waals surface area contributed by atoms with Crippen molar-refractivity contribution in [1.29, 1.82) is 0 Å². The van der Waals surface area contributed by atoms with E-state index in [0.717, 1.165) is 22.5 Å². The highest BCUT2D eigenvalue weighted by atomic mass is 16.4. The SMILES string of the molecule is Cc1ccc(-c2cc(-c3ccccc3)n(CC(=O)O)n2)nc1. The van der Waals surface area contributed by atoms with Crippen molar-refractivity contribution in [2.24, 2.45) is 0 Å². The van der Waals surface area contributed by atoms with Crippen molar-refractivity contribution in [3.8, 4) is 22.6 Å². The molecule has 1 aromatic carbocycles. The minimum Gasteiger partial charge on any atom is -0.480 e. The first kappa shape index (κ1) is 14.0. The molecule has 0 radical (unpaired) electrons. The summed E-state index contributed by atoms with van der Waals surface area (Å²) in [6.07, 6.45) is 1.77. The molecule has 0 amide bonds. The Kier molecular flexibility index (Phi) is 3.70. The Morgan fingerprint density at radius 2 is 1.91 bits per heavy atom. The molecule has 3 aromatic rings. The van der Waals surface area contributed by atoms with Crippen LogP contribution in [0.1, 0.15) is 5.56 Å². The number of benzene rings is 1. The molecule has 1 N–H and O–H groups in total. The lowest BCUT2D eigenvalue weighted by atomic mass is 10.1. The van der Waals surface area contributed by atoms with E-state index in [4.69, 9.17) is 5.11 Å². The van der Waals surface area contributed by atoms with Crippen molar-refractivity contribution in [3.05, 3.63) is 60.3 Å². The molecular formula is C17H15N3O2. The fourth-order valence-corrected chi connectivity index (χ4v) is 2.25. The molecule has 5 nitrogen and oxygen atoms in total. The number of pyridine rings is 1. The molecule has 0 saturated carbocycles. The third-order valence-corrected chi connectivity index (χ3v) is 3.31. The minimum atomic E-state index is -0.927. The Morgan fingerprint density at radius 3 is 2.55 bits per heavy atom. The number of hydrogen-bond acceptors (Lipinski definition) is 3. The van der Waals surface area contributed by atoms with Gasteiger partial charge in [0.1, 0.15) is 12.2 Å². The normalized spacial score (nSPS) is 10.6. The number of aromatic nitrogens is 3. The predicted molar refractivity (Wildman–Crippen MR) is 83.3 cm³/mol. The lowest BCUT2D eigenvalue weighted by molar-refractivity contribution is -0.137. The van der Waals surface area contributed by atoms with Crippen LogP contribution in [0.5, 0.6) is 0 Å². The van der Waals surface area contributed by atoms with Crippen molar-refractivity contribution >= 4 is 5.97 Å². The van der Waals surface area contributed by atoms with Gasteiger partial charge in [-0.3, -0.25) is 14.5 Å². The van der Waals surface area contributed by atoms with Crippen LogP contribution in [0.25, 0.3) is 22.6 Å². The zero-order chi connectivity index (χ0) is 15.5. The number of aliphatic carboxylic acids is 1. The maximum Gasteiger partial charge on any atom is 0.325 e. The van der Waals surface area contributed by atoms with Gasteiger partial charge < -0.3 is 5.11 Å². The van der Waals surface area contributed by atoms with Gasteiger partial charge in [-0.05, 0) is 30.2 Å². The number of aryl methyl sites for hydroxylation is 1. The number of carboxylic acid groups (broad SMARTS) is 1. The second-order valence-corrected chi connectivity index (χ2v) is 5.05. The Hall–Kier alpha value is -2.95. The second-order valence-electron chi connectivity index (χ2n) is 5.05. The molecule has 22 heavy (non-hydrogen) atoms. The van der Waals surface area contributed by atoms with Gasteiger partial charge in [0.15, 0.2) is 0 Å². The molecule has 2 aromatic heterocycles. The Balaban J connectivity index is 2.08. The van der Waals surface area contributed by atoms with Crippen LogP contribution in [0.15, 0.2) is 54.7 Å². The summed E-state index contributed by atoms with van der Waals surface area (Å²) in [7, 11) is 0. The van der Waals surface area contributed by atoms with Gasteiger partial charge in [0.25, 0.3) is 0 Å². The van der Waals surface area contributed by atoms with E-state index >= 15 is 0 Å². The van der Waals surface area contributed by atoms with E-state index in [-0.39, 0.29) is 6.54 Å². The number of rotatable bonds is 4. The van der Waals surface area contributed by atoms with Crippen LogP contribution in [-0.4, -0.2) is 25.8 Å². The molecule has 5 heteroatoms. The van der Waals surface area contributed by atoms with E-state index < -0.39 is 5.97 Å². The van der Waals surface area contributed by atoms with Crippen molar-refractivity contribution in [2.75, 3.05) is 0 Å². The van der Waals surface area contributed by atoms with Gasteiger partial charge in [0, 0.05) is 6.20 Å². The summed E-state index contributed by atoms with van der Waals surface area (Å²) < 4.78 is 1.49. The Bertz CT molecular complexity index is 793. The van der Waals surface area contributed by atoms with Gasteiger partial charge in [-0.1, -0.05) is 36.4 Å². The minimum absolute atomic E-state index is 0.184. The molecule has 0 spiro atoms. The average Bonchev–Trinajstić information content (AvgIpc) is 2.92. The Morgan fingerprint density at radius 1 is 1.14 bits per heavy atom. The number of hydrogen-bond donors (Lipinski definition) is 1. The summed E-state index contributed by atoms with van der Waals surface area (Å²) >= 11 is 0. The van der Waals surface area contributed by atoms with Crippen LogP contribution in [0, 0.1) is 6.92 Å². The maximum absolute atomic E-state index is 11.1. The monoisotopic (exact) mass is 293 g/mol. The molecule has 0 bridgehead atoms. The molecule has 2 heterocycles. The first-order valence-electron chi connectivity index (χ1n) is 6.91. The van der Waals surface area contributed by atoms with E-state index in [9.17, 15) is 4.79 Å². The van der Waals surface area contributed by atoms with Crippen LogP contribution < -0.4 is 0 Å². The van der Waals surface area contributed by atoms with Crippen molar-refractivity contribution in [2.45, 2.75) is 13.5 Å². The predicted octanol–water partition coefficient (Wildman–Crippen LogP) is 3.01. The standard InChI is InChI=1S/C17H15N3O2/c1-12-7-8-14(18-10-12)15-9-16(13-5-3-2-4-6-13)20(19-15)11-17(21)22/h2-10H,11H2,1H3,(H,21,22). The highest BCUT2D eigenvalue weighted by Crippen LogP contribution is 2.25. The Labute approximate surface area is 127 Å². The third kappa shape index (κ3) is 2.88. The van der Waals surface area contributed by atoms with Crippen molar-refractivity contribution < 1.29 is 9.90 Å². The smallest absolute Gasteiger partial charge is 0.325 e. The van der Waals surface area contributed by atoms with E-state index in [2.05, 4.69) is 10.1 Å². The fraction of sp³-hybridized carbons (Fsp3) is 0.118. The number of carbonyl (C=O) groups is 1. The summed E-state index contributed by atoms with van der Waals surface area (Å²) in [6.45, 7) is 1.78. The highest BCUT2D eigenvalue weighted by Gasteiger charge is 2.14. The molecule has 3 rings (SSSR count). The molecule has 0 aliphatic carbocycles. The van der Waals surface area contributed by atoms with Gasteiger partial charge in [-0.15, -0.1) is 0 Å². The van der Waals surface area contributed by atoms with Crippen LogP contribution >= 0.6 is 0 Å². The second kappa shape index (κ2) is 5.81. The first-order chi connectivity index (χ1) is 10.6. The lowest BCUT2D eigenvalue weighted by Gasteiger charge is -2.04. The van der Waals surface area contributed by atoms with Crippen molar-refractivity contribution in [3.63, 3.8) is 0 Å². The molecule has 0 aliphatic heterocycles. The zero-order valence-corrected chi connectivity index (χ0v) is 12.1. The highest BCUT2D eigenvalue weighted by molar-refractivity contribution is 5.71. The lowest BCUT2D eigenvalue weighted by Crippen LogP contribution is -2.11. The van der Waals surface area contributed by atoms with Crippen molar-refractivity contribution in [1.82, 2.24) is 14.8 Å². The van der Waals surface area contributed by atoms with Gasteiger partial charge in [0.2, 0.25) is 0 Å². The summed E-state index contributed by atoms with van der Waals surface area (Å²) in [6, 6.07) is 15.3. The molecule has 110 valence electrons. The largest absolute Gasteiger partial charge is 0.480 e. The van der Waals surface area contributed by atoms with Gasteiger partial charge in [-0.2, -0.15) is 5.10 Å². The molecule has 0 aliphatic rings. The summed E-state index contributed by atoms with van der Waals surface area (Å²) in [4.78, 5) is 15.4. The van der Waals surface area contributed by atoms with E-state index in [1.807, 2.05) is 55.5 Å². The molecular weight excluding hydrogens is 278 g/mol. The summed E-state index contributed by atoms with van der Waals surface area (Å²) in [5, 5.41) is 13.5. The molecule has 0 unspecified atom stereocenters. The van der Waals surface area contributed by atoms with E-state index in [0.29, 0.717) is 5.69 Å². The third-order valence-electron chi connectivity index (χ3n) is 3.31. The quantitative estimate of drug-likeness (QED) is 0.803. The maximum atomic E-state index is 11.1. The van der Waals surface area contributed by atoms with Gasteiger partial charge >= 0.3 is 5.97 Å². The number of nitrogens with zero attached hydrogens (tertiary/aromatic N) is 3. The van der Waals surface area contributed by atoms with E-state index in [1.165, 1.54) is 4.68 Å². The summed E-state index contributed by atoms with van der Waals surface area (Å²) in [5.74, 6) is -0.927. The first-order valence-corrected chi connectivity index (χ1v) is 6.91. The van der Waals surface area contributed by atoms with Crippen LogP contribution in [0.3, 0.4) is 0 Å². The average molecular weight is 293 g/mol. The van der Waals surface area contributed by atoms with Gasteiger partial charge in [0.05, 0.1) is 11.4 Å². The molecule has 0 fully saturated rings. The number of carboxylic acids is 1. The van der Waals surface area contributed by atoms with Crippen LogP contribution in [0.4, 0.5) is 0 Å². The van der Waals surface area contributed by atoms with Crippen LogP contribution in [0.2, 0.25) is 0 Å². The molecule has 0 saturated heterocycles. The molecule has 0 atom stereocenters. The topological polar surface area (TPSA) is 68.0 Å². The summed E-state index contributed by atoms with van der Waals surface area (Å²) in [5.41, 5.74) is 4.15. The van der Waals surface area contributed by atoms with E-state index in [1.54, 1.807) is 6.20 Å².